The Morgan fingerprint density at radius 1 is 1.19 bits per heavy atom. The van der Waals surface area contributed by atoms with Gasteiger partial charge in [0.15, 0.2) is 0 Å². The molecule has 1 aliphatic heterocycles. The summed E-state index contributed by atoms with van der Waals surface area (Å²) in [5, 5.41) is 0.483. The largest absolute Gasteiger partial charge is 0.337 e. The number of rotatable bonds is 1. The monoisotopic (exact) mass is 352 g/mol. The molecule has 0 aromatic carbocycles. The first-order chi connectivity index (χ1) is 12.4. The number of pyridine rings is 1. The molecule has 1 saturated heterocycles. The number of carbonyl (C=O) groups is 1. The summed E-state index contributed by atoms with van der Waals surface area (Å²) < 4.78 is 3.31. The first kappa shape index (κ1) is 16.8. The van der Waals surface area contributed by atoms with Crippen LogP contribution in [0.1, 0.15) is 36.3 Å². The third kappa shape index (κ3) is 2.52. The molecule has 6 nitrogen and oxygen atoms in total. The topological polar surface area (TPSA) is 59.6 Å². The second-order valence-corrected chi connectivity index (χ2v) is 7.78. The number of nitrogens with zero attached hydrogens (tertiary/aromatic N) is 4. The van der Waals surface area contributed by atoms with Gasteiger partial charge in [-0.25, -0.2) is 4.98 Å². The summed E-state index contributed by atoms with van der Waals surface area (Å²) in [5.41, 5.74) is 2.51. The molecule has 0 aliphatic carbocycles. The molecular weight excluding hydrogens is 328 g/mol. The molecule has 2 unspecified atom stereocenters. The first-order valence-corrected chi connectivity index (χ1v) is 9.13. The molecule has 0 N–H and O–H groups in total. The van der Waals surface area contributed by atoms with E-state index in [0.29, 0.717) is 34.2 Å². The molecule has 6 heteroatoms. The van der Waals surface area contributed by atoms with Crippen molar-refractivity contribution in [1.29, 1.82) is 0 Å². The minimum absolute atomic E-state index is 0.0194. The van der Waals surface area contributed by atoms with Crippen LogP contribution in [0.3, 0.4) is 0 Å². The zero-order valence-corrected chi connectivity index (χ0v) is 15.7. The summed E-state index contributed by atoms with van der Waals surface area (Å²) in [6.45, 7) is 7.82. The summed E-state index contributed by atoms with van der Waals surface area (Å²) in [5.74, 6) is 0.965. The Balaban J connectivity index is 1.87. The van der Waals surface area contributed by atoms with Crippen LogP contribution in [0.25, 0.3) is 16.7 Å². The lowest BCUT2D eigenvalue weighted by atomic mass is 9.92. The molecular formula is C20H24N4O2. The average molecular weight is 352 g/mol. The first-order valence-electron chi connectivity index (χ1n) is 9.13. The van der Waals surface area contributed by atoms with Crippen LogP contribution in [0.5, 0.6) is 0 Å². The van der Waals surface area contributed by atoms with Gasteiger partial charge in [0, 0.05) is 26.3 Å². The van der Waals surface area contributed by atoms with Crippen LogP contribution < -0.4 is 5.56 Å². The number of fused-ring (bicyclic) bond motifs is 2. The second-order valence-electron chi connectivity index (χ2n) is 7.78. The van der Waals surface area contributed by atoms with E-state index in [9.17, 15) is 9.59 Å². The number of carbonyl (C=O) groups excluding carboxylic acids is 1. The third-order valence-electron chi connectivity index (χ3n) is 5.40. The third-order valence-corrected chi connectivity index (χ3v) is 5.40. The lowest BCUT2D eigenvalue weighted by molar-refractivity contribution is 0.0614. The quantitative estimate of drug-likeness (QED) is 0.676. The fraction of sp³-hybridized carbons (Fsp3) is 0.450. The normalized spacial score (nSPS) is 20.8. The SMILES string of the molecule is Cc1cccn2c(=O)c3cc(C(=O)N4CC(C)CC(C)C4)n(C)c3nc12. The van der Waals surface area contributed by atoms with Gasteiger partial charge in [-0.05, 0) is 42.9 Å². The lowest BCUT2D eigenvalue weighted by Gasteiger charge is -2.35. The molecule has 4 heterocycles. The van der Waals surface area contributed by atoms with Crippen molar-refractivity contribution in [3.05, 3.63) is 46.0 Å². The molecule has 3 aromatic rings. The van der Waals surface area contributed by atoms with Crippen LogP contribution in [0.15, 0.2) is 29.2 Å². The number of hydrogen-bond acceptors (Lipinski definition) is 3. The molecule has 0 bridgehead atoms. The highest BCUT2D eigenvalue weighted by Crippen LogP contribution is 2.24. The van der Waals surface area contributed by atoms with Crippen molar-refractivity contribution in [2.24, 2.45) is 18.9 Å². The van der Waals surface area contributed by atoms with Crippen LogP contribution >= 0.6 is 0 Å². The van der Waals surface area contributed by atoms with Crippen LogP contribution in [-0.4, -0.2) is 37.8 Å². The van der Waals surface area contributed by atoms with Gasteiger partial charge in [0.25, 0.3) is 11.5 Å². The van der Waals surface area contributed by atoms with Crippen LogP contribution in [0.2, 0.25) is 0 Å². The molecule has 26 heavy (non-hydrogen) atoms. The van der Waals surface area contributed by atoms with E-state index in [-0.39, 0.29) is 11.5 Å². The summed E-state index contributed by atoms with van der Waals surface area (Å²) in [6, 6.07) is 5.47. The van der Waals surface area contributed by atoms with Crippen molar-refractivity contribution in [2.45, 2.75) is 27.2 Å². The molecule has 0 radical (unpaired) electrons. The Hall–Kier alpha value is -2.63. The number of aromatic nitrogens is 3. The number of hydrogen-bond donors (Lipinski definition) is 0. The second kappa shape index (κ2) is 5.97. The summed E-state index contributed by atoms with van der Waals surface area (Å²) in [4.78, 5) is 32.6. The van der Waals surface area contributed by atoms with E-state index in [2.05, 4.69) is 18.8 Å². The van der Waals surface area contributed by atoms with Gasteiger partial charge in [-0.3, -0.25) is 14.0 Å². The van der Waals surface area contributed by atoms with Gasteiger partial charge < -0.3 is 9.47 Å². The van der Waals surface area contributed by atoms with E-state index in [0.717, 1.165) is 25.1 Å². The van der Waals surface area contributed by atoms with Gasteiger partial charge in [-0.15, -0.1) is 0 Å². The molecule has 0 spiro atoms. The number of piperidine rings is 1. The maximum atomic E-state index is 13.1. The molecule has 4 rings (SSSR count). The Morgan fingerprint density at radius 2 is 1.88 bits per heavy atom. The Labute approximate surface area is 152 Å². The number of amides is 1. The predicted molar refractivity (Wildman–Crippen MR) is 102 cm³/mol. The van der Waals surface area contributed by atoms with Crippen molar-refractivity contribution < 1.29 is 4.79 Å². The zero-order chi connectivity index (χ0) is 18.6. The maximum Gasteiger partial charge on any atom is 0.270 e. The standard InChI is InChI=1S/C20H24N4O2/c1-12-8-13(2)11-23(10-12)20(26)16-9-15-18(22(16)4)21-17-14(3)6-5-7-24(17)19(15)25/h5-7,9,12-13H,8,10-11H2,1-4H3. The Kier molecular flexibility index (Phi) is 3.86. The minimum Gasteiger partial charge on any atom is -0.337 e. The van der Waals surface area contributed by atoms with E-state index in [1.165, 1.54) is 0 Å². The van der Waals surface area contributed by atoms with Crippen LogP contribution in [-0.2, 0) is 7.05 Å². The summed E-state index contributed by atoms with van der Waals surface area (Å²) in [6.07, 6.45) is 2.87. The molecule has 136 valence electrons. The molecule has 1 aliphatic rings. The molecule has 1 amide bonds. The van der Waals surface area contributed by atoms with Crippen molar-refractivity contribution in [3.8, 4) is 0 Å². The van der Waals surface area contributed by atoms with Crippen LogP contribution in [0.4, 0.5) is 0 Å². The van der Waals surface area contributed by atoms with E-state index in [1.54, 1.807) is 21.2 Å². The Morgan fingerprint density at radius 3 is 2.58 bits per heavy atom. The van der Waals surface area contributed by atoms with E-state index in [1.807, 2.05) is 31.0 Å². The van der Waals surface area contributed by atoms with Crippen molar-refractivity contribution in [2.75, 3.05) is 13.1 Å². The van der Waals surface area contributed by atoms with Gasteiger partial charge in [0.2, 0.25) is 0 Å². The van der Waals surface area contributed by atoms with E-state index >= 15 is 0 Å². The number of likely N-dealkylation sites (tertiary alicyclic amines) is 1. The zero-order valence-electron chi connectivity index (χ0n) is 15.7. The van der Waals surface area contributed by atoms with E-state index in [4.69, 9.17) is 0 Å². The summed E-state index contributed by atoms with van der Waals surface area (Å²) in [7, 11) is 1.81. The maximum absolute atomic E-state index is 13.1. The van der Waals surface area contributed by atoms with Crippen molar-refractivity contribution in [1.82, 2.24) is 18.9 Å². The highest BCUT2D eigenvalue weighted by Gasteiger charge is 2.28. The minimum atomic E-state index is -0.135. The molecule has 2 atom stereocenters. The number of aryl methyl sites for hydroxylation is 2. The van der Waals surface area contributed by atoms with Gasteiger partial charge in [0.1, 0.15) is 17.0 Å². The highest BCUT2D eigenvalue weighted by atomic mass is 16.2. The van der Waals surface area contributed by atoms with Crippen molar-refractivity contribution in [3.63, 3.8) is 0 Å². The van der Waals surface area contributed by atoms with Crippen LogP contribution in [0, 0.1) is 18.8 Å². The van der Waals surface area contributed by atoms with Crippen molar-refractivity contribution >= 4 is 22.6 Å². The smallest absolute Gasteiger partial charge is 0.270 e. The van der Waals surface area contributed by atoms with Gasteiger partial charge >= 0.3 is 0 Å². The van der Waals surface area contributed by atoms with Gasteiger partial charge in [-0.2, -0.15) is 0 Å². The Bertz CT molecular complexity index is 1070. The van der Waals surface area contributed by atoms with Gasteiger partial charge in [0.05, 0.1) is 5.39 Å². The highest BCUT2D eigenvalue weighted by molar-refractivity contribution is 5.98. The lowest BCUT2D eigenvalue weighted by Crippen LogP contribution is -2.43. The molecule has 1 fully saturated rings. The fourth-order valence-corrected chi connectivity index (χ4v) is 4.23. The molecule has 0 saturated carbocycles. The average Bonchev–Trinajstić information content (AvgIpc) is 2.92. The molecule has 3 aromatic heterocycles. The fourth-order valence-electron chi connectivity index (χ4n) is 4.23. The van der Waals surface area contributed by atoms with E-state index < -0.39 is 0 Å². The predicted octanol–water partition coefficient (Wildman–Crippen LogP) is 2.61. The van der Waals surface area contributed by atoms with Gasteiger partial charge in [-0.1, -0.05) is 19.9 Å². The summed E-state index contributed by atoms with van der Waals surface area (Å²) >= 11 is 0.